The van der Waals surface area contributed by atoms with Crippen LogP contribution >= 0.6 is 0 Å². The molecular weight excluding hydrogens is 270 g/mol. The van der Waals surface area contributed by atoms with Gasteiger partial charge in [0.2, 0.25) is 5.28 Å². The van der Waals surface area contributed by atoms with Crippen LogP contribution in [0.3, 0.4) is 0 Å². The van der Waals surface area contributed by atoms with Crippen molar-refractivity contribution in [1.82, 2.24) is 5.01 Å². The lowest BCUT2D eigenvalue weighted by Gasteiger charge is -2.17. The molecule has 114 valence electrons. The van der Waals surface area contributed by atoms with Crippen molar-refractivity contribution in [1.29, 1.82) is 0 Å². The second-order valence-corrected chi connectivity index (χ2v) is 4.76. The molecule has 0 saturated carbocycles. The second-order valence-electron chi connectivity index (χ2n) is 4.76. The Kier molecular flexibility index (Phi) is 5.53. The third kappa shape index (κ3) is 4.25. The van der Waals surface area contributed by atoms with Crippen molar-refractivity contribution in [2.45, 2.75) is 45.9 Å². The predicted octanol–water partition coefficient (Wildman–Crippen LogP) is 0.890. The average molecular weight is 289 g/mol. The van der Waals surface area contributed by atoms with Crippen LogP contribution in [0.15, 0.2) is 5.28 Å². The van der Waals surface area contributed by atoms with Crippen LogP contribution < -0.4 is 0 Å². The van der Waals surface area contributed by atoms with Crippen LogP contribution in [0.4, 0.5) is 0 Å². The van der Waals surface area contributed by atoms with E-state index < -0.39 is 24.3 Å². The third-order valence-electron chi connectivity index (χ3n) is 2.75. The maximum absolute atomic E-state index is 11.6. The van der Waals surface area contributed by atoms with Gasteiger partial charge in [0.1, 0.15) is 0 Å². The van der Waals surface area contributed by atoms with Crippen molar-refractivity contribution < 1.29 is 29.2 Å². The maximum Gasteiger partial charge on any atom is 0.332 e. The first-order chi connectivity index (χ1) is 9.32. The Morgan fingerprint density at radius 1 is 1.45 bits per heavy atom. The van der Waals surface area contributed by atoms with Gasteiger partial charge in [0, 0.05) is 6.92 Å². The molecule has 0 aromatic carbocycles. The number of hydrogen-bond acceptors (Lipinski definition) is 6. The summed E-state index contributed by atoms with van der Waals surface area (Å²) in [7, 11) is 0. The van der Waals surface area contributed by atoms with Gasteiger partial charge in [0.05, 0.1) is 17.4 Å². The fraction of sp³-hybridized carbons (Fsp3) is 0.818. The molecule has 0 spiro atoms. The monoisotopic (exact) mass is 289 g/mol. The molecule has 1 aliphatic rings. The Balaban J connectivity index is 2.52. The smallest absolute Gasteiger partial charge is 0.332 e. The number of carboxylic acids is 1. The Hall–Kier alpha value is -2.06. The Labute approximate surface area is 116 Å². The summed E-state index contributed by atoms with van der Waals surface area (Å²) in [5.74, 6) is -1.88. The van der Waals surface area contributed by atoms with Crippen LogP contribution in [0, 0.1) is 11.1 Å². The van der Waals surface area contributed by atoms with Gasteiger partial charge in [-0.15, -0.1) is 5.01 Å². The zero-order chi connectivity index (χ0) is 15.3. The van der Waals surface area contributed by atoms with E-state index in [1.807, 2.05) is 0 Å². The number of esters is 1. The van der Waals surface area contributed by atoms with E-state index in [-0.39, 0.29) is 17.4 Å². The van der Waals surface area contributed by atoms with E-state index in [1.165, 1.54) is 6.92 Å². The van der Waals surface area contributed by atoms with Crippen molar-refractivity contribution >= 4 is 11.9 Å². The molecule has 0 radical (unpaired) electrons. The largest absolute Gasteiger partial charge is 0.569 e. The Morgan fingerprint density at radius 3 is 2.65 bits per heavy atom. The molecule has 1 saturated heterocycles. The van der Waals surface area contributed by atoms with Crippen LogP contribution in [-0.4, -0.2) is 45.9 Å². The zero-order valence-corrected chi connectivity index (χ0v) is 11.7. The van der Waals surface area contributed by atoms with E-state index in [9.17, 15) is 14.8 Å². The van der Waals surface area contributed by atoms with E-state index in [1.54, 1.807) is 13.8 Å². The molecule has 1 fully saturated rings. The highest BCUT2D eigenvalue weighted by atomic mass is 16.8. The van der Waals surface area contributed by atoms with Gasteiger partial charge < -0.3 is 15.1 Å². The summed E-state index contributed by atoms with van der Waals surface area (Å²) in [6, 6.07) is -0.909. The number of carboxylic acid groups (broad SMARTS) is 1. The standard InChI is InChI=1S/C11H19N3O6/c1-7(2)11(17)19-8(3)20-12-14(18)13-6-4-5-9(13)10(15)16/h7-9H,4-6H2,1-3H3,(H,15,16)/b14-12-/t8?,9-/m0/s1. The lowest BCUT2D eigenvalue weighted by molar-refractivity contribution is -0.714. The van der Waals surface area contributed by atoms with Gasteiger partial charge in [-0.3, -0.25) is 9.63 Å². The number of hydrazine groups is 1. The SMILES string of the molecule is CC(O/N=[N+](\[O-])N1CCC[C@H]1C(=O)O)OC(=O)C(C)C. The minimum Gasteiger partial charge on any atom is -0.569 e. The van der Waals surface area contributed by atoms with Gasteiger partial charge in [0.25, 0.3) is 6.29 Å². The number of ether oxygens (including phenoxy) is 1. The topological polar surface area (TPSA) is 114 Å². The third-order valence-corrected chi connectivity index (χ3v) is 2.75. The molecule has 1 rings (SSSR count). The van der Waals surface area contributed by atoms with E-state index in [2.05, 4.69) is 5.28 Å². The summed E-state index contributed by atoms with van der Waals surface area (Å²) >= 11 is 0. The van der Waals surface area contributed by atoms with Crippen molar-refractivity contribution in [2.75, 3.05) is 6.54 Å². The van der Waals surface area contributed by atoms with Crippen LogP contribution in [-0.2, 0) is 19.2 Å². The number of rotatable bonds is 6. The zero-order valence-electron chi connectivity index (χ0n) is 11.7. The fourth-order valence-electron chi connectivity index (χ4n) is 1.68. The molecule has 0 aliphatic carbocycles. The highest BCUT2D eigenvalue weighted by molar-refractivity contribution is 5.73. The molecule has 2 atom stereocenters. The van der Waals surface area contributed by atoms with E-state index in [0.29, 0.717) is 12.8 Å². The highest BCUT2D eigenvalue weighted by Gasteiger charge is 2.37. The first-order valence-electron chi connectivity index (χ1n) is 6.36. The van der Waals surface area contributed by atoms with Crippen LogP contribution in [0.5, 0.6) is 0 Å². The molecule has 9 nitrogen and oxygen atoms in total. The van der Waals surface area contributed by atoms with Gasteiger partial charge in [0.15, 0.2) is 6.04 Å². The fourth-order valence-corrected chi connectivity index (χ4v) is 1.68. The normalized spacial score (nSPS) is 20.9. The summed E-state index contributed by atoms with van der Waals surface area (Å²) in [6.45, 7) is 5.02. The van der Waals surface area contributed by atoms with E-state index >= 15 is 0 Å². The molecule has 9 heteroatoms. The van der Waals surface area contributed by atoms with Gasteiger partial charge >= 0.3 is 11.9 Å². The Bertz CT molecular complexity index is 398. The number of carbonyl (C=O) groups excluding carboxylic acids is 1. The summed E-state index contributed by atoms with van der Waals surface area (Å²) < 4.78 is 4.84. The molecule has 0 aromatic rings. The number of nitrogens with zero attached hydrogens (tertiary/aromatic N) is 3. The first kappa shape index (κ1) is 16.0. The predicted molar refractivity (Wildman–Crippen MR) is 64.9 cm³/mol. The van der Waals surface area contributed by atoms with Crippen molar-refractivity contribution in [3.8, 4) is 0 Å². The lowest BCUT2D eigenvalue weighted by Crippen LogP contribution is -2.40. The number of hydrogen-bond donors (Lipinski definition) is 1. The highest BCUT2D eigenvalue weighted by Crippen LogP contribution is 2.17. The lowest BCUT2D eigenvalue weighted by atomic mass is 10.2. The molecule has 1 unspecified atom stereocenters. The molecule has 1 N–H and O–H groups in total. The molecule has 1 heterocycles. The van der Waals surface area contributed by atoms with Crippen LogP contribution in [0.1, 0.15) is 33.6 Å². The molecule has 20 heavy (non-hydrogen) atoms. The maximum atomic E-state index is 11.6. The summed E-state index contributed by atoms with van der Waals surface area (Å²) in [5, 5.41) is 24.8. The molecule has 0 amide bonds. The van der Waals surface area contributed by atoms with Gasteiger partial charge in [-0.05, 0) is 12.8 Å². The van der Waals surface area contributed by atoms with Crippen molar-refractivity contribution in [2.24, 2.45) is 11.2 Å². The summed E-state index contributed by atoms with van der Waals surface area (Å²) in [4.78, 5) is 27.0. The first-order valence-corrected chi connectivity index (χ1v) is 6.36. The minimum absolute atomic E-state index is 0.0888. The second kappa shape index (κ2) is 6.92. The van der Waals surface area contributed by atoms with Gasteiger partial charge in [-0.25, -0.2) is 4.79 Å². The van der Waals surface area contributed by atoms with Gasteiger partial charge in [-0.1, -0.05) is 13.8 Å². The van der Waals surface area contributed by atoms with Crippen LogP contribution in [0.2, 0.25) is 0 Å². The van der Waals surface area contributed by atoms with E-state index in [0.717, 1.165) is 5.01 Å². The van der Waals surface area contributed by atoms with Crippen molar-refractivity contribution in [3.05, 3.63) is 5.21 Å². The minimum atomic E-state index is -1.09. The summed E-state index contributed by atoms with van der Waals surface area (Å²) in [5.41, 5.74) is 0. The molecule has 1 aliphatic heterocycles. The molecular formula is C11H19N3O6. The Morgan fingerprint density at radius 2 is 2.10 bits per heavy atom. The molecule has 0 bridgehead atoms. The van der Waals surface area contributed by atoms with E-state index in [4.69, 9.17) is 14.7 Å². The quantitative estimate of drug-likeness (QED) is 0.254. The number of aliphatic carboxylic acids is 1. The van der Waals surface area contributed by atoms with Gasteiger partial charge in [-0.2, -0.15) is 0 Å². The average Bonchev–Trinajstić information content (AvgIpc) is 2.85. The number of carbonyl (C=O) groups is 2. The summed E-state index contributed by atoms with van der Waals surface area (Å²) in [6.07, 6.45) is -0.0582. The van der Waals surface area contributed by atoms with Crippen molar-refractivity contribution in [3.63, 3.8) is 0 Å². The van der Waals surface area contributed by atoms with Crippen LogP contribution in [0.25, 0.3) is 0 Å². The molecule has 0 aromatic heterocycles.